The molecule has 0 atom stereocenters. The molecule has 0 aromatic heterocycles. The molecule has 1 aliphatic heterocycles. The van der Waals surface area contributed by atoms with Gasteiger partial charge >= 0.3 is 0 Å². The molecule has 0 radical (unpaired) electrons. The number of methoxy groups -OCH3 is 1. The molecule has 152 valence electrons. The van der Waals surface area contributed by atoms with Crippen LogP contribution in [0, 0.1) is 0 Å². The van der Waals surface area contributed by atoms with Gasteiger partial charge in [-0.3, -0.25) is 9.59 Å². The second kappa shape index (κ2) is 10.1. The van der Waals surface area contributed by atoms with Crippen molar-refractivity contribution >= 4 is 40.9 Å². The van der Waals surface area contributed by atoms with Crippen LogP contribution in [0.3, 0.4) is 0 Å². The van der Waals surface area contributed by atoms with Crippen LogP contribution >= 0.6 is 11.6 Å². The SMILES string of the molecule is COCCOc1c(Cl)cccc1NC(=O)/C=C/c1ccc(N2CCCC2=O)cc1. The first-order valence-electron chi connectivity index (χ1n) is 9.38. The average molecular weight is 415 g/mol. The van der Waals surface area contributed by atoms with Crippen molar-refractivity contribution in [1.82, 2.24) is 0 Å². The van der Waals surface area contributed by atoms with Gasteiger partial charge in [-0.15, -0.1) is 0 Å². The fourth-order valence-corrected chi connectivity index (χ4v) is 3.24. The summed E-state index contributed by atoms with van der Waals surface area (Å²) < 4.78 is 10.6. The quantitative estimate of drug-likeness (QED) is 0.520. The first-order chi connectivity index (χ1) is 14.1. The van der Waals surface area contributed by atoms with Crippen LogP contribution in [-0.4, -0.2) is 38.7 Å². The van der Waals surface area contributed by atoms with Crippen LogP contribution in [0.4, 0.5) is 11.4 Å². The van der Waals surface area contributed by atoms with E-state index < -0.39 is 0 Å². The van der Waals surface area contributed by atoms with Crippen molar-refractivity contribution in [3.05, 3.63) is 59.1 Å². The van der Waals surface area contributed by atoms with Gasteiger partial charge in [-0.2, -0.15) is 0 Å². The Morgan fingerprint density at radius 2 is 2.00 bits per heavy atom. The number of benzene rings is 2. The molecule has 0 spiro atoms. The number of carbonyl (C=O) groups excluding carboxylic acids is 2. The van der Waals surface area contributed by atoms with E-state index in [9.17, 15) is 9.59 Å². The molecule has 3 rings (SSSR count). The van der Waals surface area contributed by atoms with Crippen molar-refractivity contribution in [2.75, 3.05) is 37.1 Å². The molecule has 0 bridgehead atoms. The highest BCUT2D eigenvalue weighted by Gasteiger charge is 2.21. The Balaban J connectivity index is 1.62. The fourth-order valence-electron chi connectivity index (χ4n) is 3.01. The number of hydrogen-bond acceptors (Lipinski definition) is 4. The normalized spacial score (nSPS) is 13.9. The molecule has 0 unspecified atom stereocenters. The topological polar surface area (TPSA) is 67.9 Å². The van der Waals surface area contributed by atoms with Gasteiger partial charge in [0.2, 0.25) is 11.8 Å². The van der Waals surface area contributed by atoms with Crippen LogP contribution in [0.15, 0.2) is 48.5 Å². The smallest absolute Gasteiger partial charge is 0.248 e. The summed E-state index contributed by atoms with van der Waals surface area (Å²) in [7, 11) is 1.58. The van der Waals surface area contributed by atoms with Gasteiger partial charge in [0, 0.05) is 31.8 Å². The van der Waals surface area contributed by atoms with E-state index in [1.54, 1.807) is 36.3 Å². The van der Waals surface area contributed by atoms with E-state index in [1.165, 1.54) is 6.08 Å². The van der Waals surface area contributed by atoms with Gasteiger partial charge in [0.25, 0.3) is 0 Å². The molecule has 2 amide bonds. The highest BCUT2D eigenvalue weighted by atomic mass is 35.5. The second-order valence-corrected chi connectivity index (χ2v) is 6.93. The van der Waals surface area contributed by atoms with Gasteiger partial charge in [-0.1, -0.05) is 29.8 Å². The predicted molar refractivity (Wildman–Crippen MR) is 115 cm³/mol. The molecule has 6 nitrogen and oxygen atoms in total. The molecular weight excluding hydrogens is 392 g/mol. The number of ether oxygens (including phenoxy) is 2. The van der Waals surface area contributed by atoms with Crippen LogP contribution in [0.2, 0.25) is 5.02 Å². The Labute approximate surface area is 175 Å². The van der Waals surface area contributed by atoms with E-state index in [0.29, 0.717) is 36.1 Å². The number of nitrogens with zero attached hydrogens (tertiary/aromatic N) is 1. The maximum absolute atomic E-state index is 12.3. The molecule has 1 heterocycles. The molecular formula is C22H23ClN2O4. The van der Waals surface area contributed by atoms with E-state index in [2.05, 4.69) is 5.32 Å². The maximum Gasteiger partial charge on any atom is 0.248 e. The van der Waals surface area contributed by atoms with Crippen LogP contribution in [0.5, 0.6) is 5.75 Å². The highest BCUT2D eigenvalue weighted by Crippen LogP contribution is 2.33. The van der Waals surface area contributed by atoms with E-state index in [-0.39, 0.29) is 11.8 Å². The Bertz CT molecular complexity index is 896. The van der Waals surface area contributed by atoms with Crippen LogP contribution in [0.1, 0.15) is 18.4 Å². The lowest BCUT2D eigenvalue weighted by atomic mass is 10.2. The van der Waals surface area contributed by atoms with E-state index in [4.69, 9.17) is 21.1 Å². The number of anilines is 2. The Kier molecular flexibility index (Phi) is 7.27. The first kappa shape index (κ1) is 20.9. The molecule has 29 heavy (non-hydrogen) atoms. The van der Waals surface area contributed by atoms with Crippen molar-refractivity contribution in [2.45, 2.75) is 12.8 Å². The average Bonchev–Trinajstić information content (AvgIpc) is 3.15. The van der Waals surface area contributed by atoms with Gasteiger partial charge in [-0.05, 0) is 42.3 Å². The van der Waals surface area contributed by atoms with Crippen LogP contribution in [0.25, 0.3) is 6.08 Å². The summed E-state index contributed by atoms with van der Waals surface area (Å²) in [6.45, 7) is 1.49. The minimum Gasteiger partial charge on any atom is -0.487 e. The zero-order valence-electron chi connectivity index (χ0n) is 16.2. The number of nitrogens with one attached hydrogen (secondary N) is 1. The number of carbonyl (C=O) groups is 2. The van der Waals surface area contributed by atoms with Gasteiger partial charge in [0.1, 0.15) is 6.61 Å². The number of halogens is 1. The monoisotopic (exact) mass is 414 g/mol. The maximum atomic E-state index is 12.3. The lowest BCUT2D eigenvalue weighted by molar-refractivity contribution is -0.117. The molecule has 0 aliphatic carbocycles. The lowest BCUT2D eigenvalue weighted by Crippen LogP contribution is -2.23. The third-order valence-corrected chi connectivity index (χ3v) is 4.76. The summed E-state index contributed by atoms with van der Waals surface area (Å²) in [5.41, 5.74) is 2.23. The Morgan fingerprint density at radius 3 is 2.69 bits per heavy atom. The molecule has 7 heteroatoms. The Hall–Kier alpha value is -2.83. The van der Waals surface area contributed by atoms with E-state index >= 15 is 0 Å². The minimum atomic E-state index is -0.303. The van der Waals surface area contributed by atoms with Crippen LogP contribution in [-0.2, 0) is 14.3 Å². The molecule has 2 aromatic carbocycles. The number of rotatable bonds is 8. The van der Waals surface area contributed by atoms with Crippen molar-refractivity contribution in [3.8, 4) is 5.75 Å². The van der Waals surface area contributed by atoms with Crippen molar-refractivity contribution < 1.29 is 19.1 Å². The zero-order valence-corrected chi connectivity index (χ0v) is 16.9. The summed E-state index contributed by atoms with van der Waals surface area (Å²) in [4.78, 5) is 25.9. The predicted octanol–water partition coefficient (Wildman–Crippen LogP) is 4.14. The summed E-state index contributed by atoms with van der Waals surface area (Å²) in [6, 6.07) is 12.7. The second-order valence-electron chi connectivity index (χ2n) is 6.52. The van der Waals surface area contributed by atoms with Gasteiger partial charge in [0.05, 0.1) is 17.3 Å². The largest absolute Gasteiger partial charge is 0.487 e. The zero-order chi connectivity index (χ0) is 20.6. The first-order valence-corrected chi connectivity index (χ1v) is 9.76. The molecule has 2 aromatic rings. The minimum absolute atomic E-state index is 0.151. The Morgan fingerprint density at radius 1 is 1.21 bits per heavy atom. The molecule has 1 N–H and O–H groups in total. The summed E-state index contributed by atoms with van der Waals surface area (Å²) >= 11 is 6.18. The molecule has 1 saturated heterocycles. The molecule has 1 fully saturated rings. The standard InChI is InChI=1S/C22H23ClN2O4/c1-28-14-15-29-22-18(23)4-2-5-19(22)24-20(26)12-9-16-7-10-17(11-8-16)25-13-3-6-21(25)27/h2,4-5,7-12H,3,6,13-15H2,1H3,(H,24,26)/b12-9+. The van der Waals surface area contributed by atoms with Gasteiger partial charge in [0.15, 0.2) is 5.75 Å². The van der Waals surface area contributed by atoms with E-state index in [0.717, 1.165) is 24.2 Å². The number of hydrogen-bond donors (Lipinski definition) is 1. The van der Waals surface area contributed by atoms with Crippen molar-refractivity contribution in [3.63, 3.8) is 0 Å². The van der Waals surface area contributed by atoms with E-state index in [1.807, 2.05) is 24.3 Å². The van der Waals surface area contributed by atoms with Crippen molar-refractivity contribution in [2.24, 2.45) is 0 Å². The number of para-hydroxylation sites is 1. The fraction of sp³-hybridized carbons (Fsp3) is 0.273. The number of amides is 2. The van der Waals surface area contributed by atoms with Crippen LogP contribution < -0.4 is 15.0 Å². The summed E-state index contributed by atoms with van der Waals surface area (Å²) in [6.07, 6.45) is 4.64. The molecule has 0 saturated carbocycles. The lowest BCUT2D eigenvalue weighted by Gasteiger charge is -2.15. The van der Waals surface area contributed by atoms with Crippen molar-refractivity contribution in [1.29, 1.82) is 0 Å². The third-order valence-electron chi connectivity index (χ3n) is 4.46. The van der Waals surface area contributed by atoms with Gasteiger partial charge < -0.3 is 19.7 Å². The summed E-state index contributed by atoms with van der Waals surface area (Å²) in [5, 5.41) is 3.19. The highest BCUT2D eigenvalue weighted by molar-refractivity contribution is 6.32. The molecule has 1 aliphatic rings. The van der Waals surface area contributed by atoms with Gasteiger partial charge in [-0.25, -0.2) is 0 Å². The summed E-state index contributed by atoms with van der Waals surface area (Å²) in [5.74, 6) is 0.257. The third kappa shape index (κ3) is 5.59.